The fraction of sp³-hybridized carbons (Fsp3) is 0.200. The Bertz CT molecular complexity index is 605. The molecule has 1 aromatic rings. The van der Waals surface area contributed by atoms with Gasteiger partial charge in [0, 0.05) is 17.2 Å². The zero-order chi connectivity index (χ0) is 14.7. The molecule has 1 heterocycles. The van der Waals surface area contributed by atoms with E-state index >= 15 is 0 Å². The van der Waals surface area contributed by atoms with E-state index in [1.165, 1.54) is 7.11 Å². The Morgan fingerprint density at radius 1 is 1.35 bits per heavy atom. The third-order valence-corrected chi connectivity index (χ3v) is 3.53. The van der Waals surface area contributed by atoms with Crippen molar-refractivity contribution in [2.24, 2.45) is 0 Å². The first kappa shape index (κ1) is 14.3. The molecule has 1 atom stereocenters. The highest BCUT2D eigenvalue weighted by atomic mass is 35.5. The predicted octanol–water partition coefficient (Wildman–Crippen LogP) is 2.47. The van der Waals surface area contributed by atoms with E-state index in [4.69, 9.17) is 16.3 Å². The van der Waals surface area contributed by atoms with E-state index in [-0.39, 0.29) is 5.16 Å². The van der Waals surface area contributed by atoms with Crippen LogP contribution in [0.15, 0.2) is 52.3 Å². The summed E-state index contributed by atoms with van der Waals surface area (Å²) >= 11 is 6.09. The molecule has 0 fully saturated rings. The van der Waals surface area contributed by atoms with Crippen LogP contribution in [-0.2, 0) is 14.3 Å². The molecular weight excluding hydrogens is 278 g/mol. The summed E-state index contributed by atoms with van der Waals surface area (Å²) in [5.41, 5.74) is 2.12. The van der Waals surface area contributed by atoms with Gasteiger partial charge in [0.05, 0.1) is 12.7 Å². The highest BCUT2D eigenvalue weighted by Gasteiger charge is 2.34. The average molecular weight is 292 g/mol. The summed E-state index contributed by atoms with van der Waals surface area (Å²) in [5, 5.41) is 3.07. The summed E-state index contributed by atoms with van der Waals surface area (Å²) in [4.78, 5) is 23.4. The molecule has 0 saturated heterocycles. The molecule has 20 heavy (non-hydrogen) atoms. The summed E-state index contributed by atoms with van der Waals surface area (Å²) in [6.07, 6.45) is 0.669. The van der Waals surface area contributed by atoms with E-state index in [0.29, 0.717) is 23.1 Å². The minimum Gasteiger partial charge on any atom is -0.466 e. The van der Waals surface area contributed by atoms with E-state index in [1.807, 2.05) is 30.3 Å². The van der Waals surface area contributed by atoms with Crippen molar-refractivity contribution in [3.63, 3.8) is 0 Å². The molecular formula is C15H14ClNO3. The maximum Gasteiger partial charge on any atom is 0.336 e. The third kappa shape index (κ3) is 2.47. The van der Waals surface area contributed by atoms with Crippen LogP contribution >= 0.6 is 11.6 Å². The minimum absolute atomic E-state index is 0.235. The zero-order valence-electron chi connectivity index (χ0n) is 11.1. The lowest BCUT2D eigenvalue weighted by Crippen LogP contribution is -2.28. The van der Waals surface area contributed by atoms with Gasteiger partial charge in [0.25, 0.3) is 0 Å². The first-order chi connectivity index (χ1) is 9.60. The highest BCUT2D eigenvalue weighted by Crippen LogP contribution is 2.38. The van der Waals surface area contributed by atoms with Crippen molar-refractivity contribution in [3.05, 3.63) is 57.9 Å². The highest BCUT2D eigenvalue weighted by molar-refractivity contribution is 6.31. The van der Waals surface area contributed by atoms with Crippen LogP contribution in [0, 0.1) is 0 Å². The number of rotatable bonds is 3. The lowest BCUT2D eigenvalue weighted by Gasteiger charge is -2.27. The molecule has 0 aliphatic carbocycles. The second-order valence-corrected chi connectivity index (χ2v) is 4.76. The first-order valence-corrected chi connectivity index (χ1v) is 6.43. The summed E-state index contributed by atoms with van der Waals surface area (Å²) in [6, 6.07) is 9.25. The van der Waals surface area contributed by atoms with Crippen molar-refractivity contribution < 1.29 is 14.3 Å². The van der Waals surface area contributed by atoms with Gasteiger partial charge in [0.2, 0.25) is 0 Å². The van der Waals surface area contributed by atoms with E-state index in [0.717, 1.165) is 5.56 Å². The van der Waals surface area contributed by atoms with Gasteiger partial charge < -0.3 is 10.1 Å². The van der Waals surface area contributed by atoms with Crippen LogP contribution in [0.3, 0.4) is 0 Å². The quantitative estimate of drug-likeness (QED) is 0.528. The minimum atomic E-state index is -0.519. The number of aldehydes is 1. The summed E-state index contributed by atoms with van der Waals surface area (Å²) in [7, 11) is 1.31. The molecule has 1 aromatic carbocycles. The van der Waals surface area contributed by atoms with E-state index in [1.54, 1.807) is 6.92 Å². The van der Waals surface area contributed by atoms with Gasteiger partial charge in [0.1, 0.15) is 11.4 Å². The van der Waals surface area contributed by atoms with Crippen LogP contribution in [0.1, 0.15) is 18.4 Å². The van der Waals surface area contributed by atoms with Gasteiger partial charge in [-0.25, -0.2) is 4.79 Å². The number of halogens is 1. The van der Waals surface area contributed by atoms with Gasteiger partial charge in [-0.1, -0.05) is 41.9 Å². The molecule has 0 spiro atoms. The van der Waals surface area contributed by atoms with Crippen molar-refractivity contribution in [2.45, 2.75) is 12.8 Å². The van der Waals surface area contributed by atoms with Crippen LogP contribution in [-0.4, -0.2) is 19.4 Å². The van der Waals surface area contributed by atoms with Crippen molar-refractivity contribution in [1.29, 1.82) is 0 Å². The first-order valence-electron chi connectivity index (χ1n) is 6.06. The topological polar surface area (TPSA) is 55.4 Å². The molecule has 4 nitrogen and oxygen atoms in total. The van der Waals surface area contributed by atoms with Crippen molar-refractivity contribution in [2.75, 3.05) is 7.11 Å². The fourth-order valence-corrected chi connectivity index (χ4v) is 2.59. The number of hydrogen-bond donors (Lipinski definition) is 1. The van der Waals surface area contributed by atoms with Crippen LogP contribution in [0.25, 0.3) is 0 Å². The van der Waals surface area contributed by atoms with Gasteiger partial charge in [-0.15, -0.1) is 0 Å². The number of carbonyl (C=O) groups is 2. The normalized spacial score (nSPS) is 18.6. The Hall–Kier alpha value is -2.07. The standard InChI is InChI=1S/C15H14ClNO3/c1-9-12(15(19)20-2)13(10-6-4-3-5-7-10)11(8-18)14(16)17-9/h3-8,13,17H,1-2H3/t13-/m0/s1. The van der Waals surface area contributed by atoms with Crippen LogP contribution in [0.5, 0.6) is 0 Å². The fourth-order valence-electron chi connectivity index (χ4n) is 2.30. The molecule has 0 aromatic heterocycles. The Kier molecular flexibility index (Phi) is 4.25. The number of nitrogens with one attached hydrogen (secondary N) is 1. The number of ether oxygens (including phenoxy) is 1. The molecule has 104 valence electrons. The molecule has 1 N–H and O–H groups in total. The second kappa shape index (κ2) is 5.92. The second-order valence-electron chi connectivity index (χ2n) is 4.39. The summed E-state index contributed by atoms with van der Waals surface area (Å²) < 4.78 is 4.82. The number of dihydropyridines is 1. The number of methoxy groups -OCH3 is 1. The zero-order valence-corrected chi connectivity index (χ0v) is 11.9. The molecule has 0 unspecified atom stereocenters. The van der Waals surface area contributed by atoms with E-state index < -0.39 is 11.9 Å². The number of benzene rings is 1. The van der Waals surface area contributed by atoms with Crippen LogP contribution < -0.4 is 5.32 Å². The lowest BCUT2D eigenvalue weighted by atomic mass is 9.82. The van der Waals surface area contributed by atoms with Crippen LogP contribution in [0.2, 0.25) is 0 Å². The Morgan fingerprint density at radius 3 is 2.55 bits per heavy atom. The maximum atomic E-state index is 12.0. The Labute approximate surface area is 122 Å². The number of allylic oxidation sites excluding steroid dienone is 2. The smallest absolute Gasteiger partial charge is 0.336 e. The SMILES string of the molecule is COC(=O)C1=C(C)NC(Cl)=C(C=O)[C@@H]1c1ccccc1. The molecule has 0 radical (unpaired) electrons. The van der Waals surface area contributed by atoms with Crippen molar-refractivity contribution >= 4 is 23.9 Å². The van der Waals surface area contributed by atoms with Crippen molar-refractivity contribution in [1.82, 2.24) is 5.32 Å². The predicted molar refractivity (Wildman–Crippen MR) is 76.0 cm³/mol. The average Bonchev–Trinajstić information content (AvgIpc) is 2.46. The number of carbonyl (C=O) groups excluding carboxylic acids is 2. The largest absolute Gasteiger partial charge is 0.466 e. The molecule has 1 aliphatic rings. The van der Waals surface area contributed by atoms with Gasteiger partial charge in [-0.3, -0.25) is 4.79 Å². The molecule has 0 saturated carbocycles. The molecule has 0 bridgehead atoms. The van der Waals surface area contributed by atoms with E-state index in [2.05, 4.69) is 5.32 Å². The van der Waals surface area contributed by atoms with Gasteiger partial charge in [0.15, 0.2) is 0 Å². The lowest BCUT2D eigenvalue weighted by molar-refractivity contribution is -0.136. The van der Waals surface area contributed by atoms with Gasteiger partial charge in [-0.2, -0.15) is 0 Å². The Balaban J connectivity index is 2.62. The van der Waals surface area contributed by atoms with Crippen molar-refractivity contribution in [3.8, 4) is 0 Å². The Morgan fingerprint density at radius 2 is 2.00 bits per heavy atom. The molecule has 0 amide bonds. The summed E-state index contributed by atoms with van der Waals surface area (Å²) in [5.74, 6) is -0.998. The molecule has 2 rings (SSSR count). The van der Waals surface area contributed by atoms with E-state index in [9.17, 15) is 9.59 Å². The van der Waals surface area contributed by atoms with Gasteiger partial charge in [-0.05, 0) is 12.5 Å². The monoisotopic (exact) mass is 291 g/mol. The molecule has 5 heteroatoms. The summed E-state index contributed by atoms with van der Waals surface area (Å²) in [6.45, 7) is 1.73. The number of hydrogen-bond acceptors (Lipinski definition) is 4. The third-order valence-electron chi connectivity index (χ3n) is 3.22. The van der Waals surface area contributed by atoms with Crippen LogP contribution in [0.4, 0.5) is 0 Å². The van der Waals surface area contributed by atoms with Gasteiger partial charge >= 0.3 is 5.97 Å². The molecule has 1 aliphatic heterocycles. The number of esters is 1. The maximum absolute atomic E-state index is 12.0.